The van der Waals surface area contributed by atoms with Crippen LogP contribution in [-0.4, -0.2) is 12.8 Å². The van der Waals surface area contributed by atoms with Crippen LogP contribution in [0.5, 0.6) is 5.75 Å². The highest BCUT2D eigenvalue weighted by Crippen LogP contribution is 2.35. The van der Waals surface area contributed by atoms with Gasteiger partial charge in [-0.15, -0.1) is 0 Å². The highest BCUT2D eigenvalue weighted by Gasteiger charge is 2.28. The number of ether oxygens (including phenoxy) is 1. The van der Waals surface area contributed by atoms with Gasteiger partial charge in [0.25, 0.3) is 0 Å². The molecule has 0 saturated heterocycles. The minimum absolute atomic E-state index is 0.175. The maximum absolute atomic E-state index is 15.3. The summed E-state index contributed by atoms with van der Waals surface area (Å²) in [7, 11) is 0. The topological polar surface area (TPSA) is 9.23 Å². The molecular weight excluding hydrogens is 500 g/mol. The van der Waals surface area contributed by atoms with E-state index in [-0.39, 0.29) is 11.6 Å². The van der Waals surface area contributed by atoms with Crippen LogP contribution >= 0.6 is 0 Å². The van der Waals surface area contributed by atoms with E-state index in [9.17, 15) is 13.2 Å². The third-order valence-electron chi connectivity index (χ3n) is 8.38. The van der Waals surface area contributed by atoms with Gasteiger partial charge in [-0.25, -0.2) is 4.39 Å². The van der Waals surface area contributed by atoms with Crippen molar-refractivity contribution in [2.75, 3.05) is 6.61 Å². The van der Waals surface area contributed by atoms with Crippen LogP contribution in [0.3, 0.4) is 0 Å². The molecule has 0 bridgehead atoms. The molecule has 0 N–H and O–H groups in total. The third-order valence-corrected chi connectivity index (χ3v) is 8.38. The molecule has 0 unspecified atom stereocenters. The van der Waals surface area contributed by atoms with Crippen LogP contribution in [0, 0.1) is 17.7 Å². The van der Waals surface area contributed by atoms with Crippen LogP contribution < -0.4 is 4.74 Å². The first-order chi connectivity index (χ1) is 18.8. The summed E-state index contributed by atoms with van der Waals surface area (Å²) >= 11 is 0. The van der Waals surface area contributed by atoms with Gasteiger partial charge in [-0.05, 0) is 71.7 Å². The van der Waals surface area contributed by atoms with Crippen molar-refractivity contribution in [3.8, 4) is 5.75 Å². The van der Waals surface area contributed by atoms with Gasteiger partial charge in [0.1, 0.15) is 11.6 Å². The van der Waals surface area contributed by atoms with Crippen molar-refractivity contribution in [1.82, 2.24) is 0 Å². The summed E-state index contributed by atoms with van der Waals surface area (Å²) < 4.78 is 57.0. The van der Waals surface area contributed by atoms with E-state index in [0.717, 1.165) is 29.2 Å². The lowest BCUT2D eigenvalue weighted by molar-refractivity contribution is -0.153. The number of benzene rings is 3. The van der Waals surface area contributed by atoms with Crippen LogP contribution in [0.1, 0.15) is 87.8 Å². The molecule has 0 atom stereocenters. The lowest BCUT2D eigenvalue weighted by Crippen LogP contribution is -2.19. The maximum Gasteiger partial charge on any atom is 0.422 e. The summed E-state index contributed by atoms with van der Waals surface area (Å²) in [6, 6.07) is 16.5. The van der Waals surface area contributed by atoms with Crippen LogP contribution in [0.15, 0.2) is 54.6 Å². The second-order valence-corrected chi connectivity index (χ2v) is 11.4. The SMILES string of the molecule is CCCCCCC1CCC(CCc2ccc3c(F)c(CCc4ccc(OCC(F)(F)F)cc4)ccc3c2)CC1. The van der Waals surface area contributed by atoms with Crippen molar-refractivity contribution in [3.05, 3.63) is 77.1 Å². The van der Waals surface area contributed by atoms with Gasteiger partial charge >= 0.3 is 6.18 Å². The first-order valence-electron chi connectivity index (χ1n) is 14.8. The summed E-state index contributed by atoms with van der Waals surface area (Å²) in [5.41, 5.74) is 2.86. The number of alkyl halides is 3. The number of fused-ring (bicyclic) bond motifs is 1. The van der Waals surface area contributed by atoms with Gasteiger partial charge in [-0.1, -0.05) is 107 Å². The molecule has 39 heavy (non-hydrogen) atoms. The molecule has 1 fully saturated rings. The number of hydrogen-bond acceptors (Lipinski definition) is 1. The fraction of sp³-hybridized carbons (Fsp3) is 0.529. The molecule has 0 heterocycles. The first-order valence-corrected chi connectivity index (χ1v) is 14.8. The van der Waals surface area contributed by atoms with E-state index < -0.39 is 12.8 Å². The quantitative estimate of drug-likeness (QED) is 0.154. The summed E-state index contributed by atoms with van der Waals surface area (Å²) in [5.74, 6) is 1.75. The van der Waals surface area contributed by atoms with E-state index in [1.165, 1.54) is 81.9 Å². The Morgan fingerprint density at radius 1 is 0.744 bits per heavy atom. The minimum atomic E-state index is -4.36. The van der Waals surface area contributed by atoms with Gasteiger partial charge in [0.2, 0.25) is 0 Å². The Kier molecular flexibility index (Phi) is 10.7. The molecule has 212 valence electrons. The zero-order chi connectivity index (χ0) is 27.7. The Bertz CT molecular complexity index is 1160. The van der Waals surface area contributed by atoms with Crippen molar-refractivity contribution in [3.63, 3.8) is 0 Å². The molecule has 0 spiro atoms. The van der Waals surface area contributed by atoms with Gasteiger partial charge < -0.3 is 4.74 Å². The predicted octanol–water partition coefficient (Wildman–Crippen LogP) is 10.4. The number of unbranched alkanes of at least 4 members (excludes halogenated alkanes) is 3. The van der Waals surface area contributed by atoms with Crippen molar-refractivity contribution >= 4 is 10.8 Å². The second kappa shape index (κ2) is 14.2. The van der Waals surface area contributed by atoms with Gasteiger partial charge in [-0.3, -0.25) is 0 Å². The standard InChI is InChI=1S/C34H42F4O/c1-2-3-4-5-6-25-7-9-26(10-8-25)11-12-28-16-22-32-30(23-28)19-18-29(33(32)35)17-13-27-14-20-31(21-15-27)39-24-34(36,37)38/h14-16,18-23,25-26H,2-13,17,24H2,1H3. The summed E-state index contributed by atoms with van der Waals surface area (Å²) in [5, 5.41) is 1.59. The van der Waals surface area contributed by atoms with E-state index in [1.54, 1.807) is 12.1 Å². The molecule has 4 rings (SSSR count). The first kappa shape index (κ1) is 29.4. The van der Waals surface area contributed by atoms with Crippen molar-refractivity contribution in [1.29, 1.82) is 0 Å². The van der Waals surface area contributed by atoms with E-state index >= 15 is 4.39 Å². The number of aryl methyl sites for hydroxylation is 3. The lowest BCUT2D eigenvalue weighted by Gasteiger charge is -2.28. The van der Waals surface area contributed by atoms with Crippen LogP contribution in [0.2, 0.25) is 0 Å². The molecule has 0 aromatic heterocycles. The van der Waals surface area contributed by atoms with Crippen LogP contribution in [0.25, 0.3) is 10.8 Å². The molecular formula is C34H42F4O. The molecule has 1 nitrogen and oxygen atoms in total. The zero-order valence-corrected chi connectivity index (χ0v) is 23.2. The average Bonchev–Trinajstić information content (AvgIpc) is 2.93. The predicted molar refractivity (Wildman–Crippen MR) is 152 cm³/mol. The highest BCUT2D eigenvalue weighted by atomic mass is 19.4. The molecule has 3 aromatic rings. The smallest absolute Gasteiger partial charge is 0.422 e. The Balaban J connectivity index is 1.25. The lowest BCUT2D eigenvalue weighted by atomic mass is 9.77. The van der Waals surface area contributed by atoms with Crippen molar-refractivity contribution in [2.24, 2.45) is 11.8 Å². The van der Waals surface area contributed by atoms with Crippen molar-refractivity contribution < 1.29 is 22.3 Å². The third kappa shape index (κ3) is 9.25. The molecule has 1 saturated carbocycles. The van der Waals surface area contributed by atoms with Gasteiger partial charge in [0.05, 0.1) is 0 Å². The molecule has 1 aliphatic carbocycles. The number of halogens is 4. The molecule has 0 amide bonds. The molecule has 0 aliphatic heterocycles. The normalized spacial score (nSPS) is 18.0. The Morgan fingerprint density at radius 3 is 2.13 bits per heavy atom. The number of hydrogen-bond donors (Lipinski definition) is 0. The summed E-state index contributed by atoms with van der Waals surface area (Å²) in [6.45, 7) is 0.961. The van der Waals surface area contributed by atoms with Gasteiger partial charge in [-0.2, -0.15) is 13.2 Å². The summed E-state index contributed by atoms with van der Waals surface area (Å²) in [4.78, 5) is 0. The zero-order valence-electron chi connectivity index (χ0n) is 23.2. The Labute approximate surface area is 231 Å². The Morgan fingerprint density at radius 2 is 1.44 bits per heavy atom. The van der Waals surface area contributed by atoms with Crippen LogP contribution in [-0.2, 0) is 19.3 Å². The maximum atomic E-state index is 15.3. The molecule has 5 heteroatoms. The monoisotopic (exact) mass is 542 g/mol. The van der Waals surface area contributed by atoms with Gasteiger partial charge in [0, 0.05) is 5.39 Å². The average molecular weight is 543 g/mol. The number of rotatable bonds is 13. The largest absolute Gasteiger partial charge is 0.484 e. The highest BCUT2D eigenvalue weighted by molar-refractivity contribution is 5.84. The molecule has 3 aromatic carbocycles. The van der Waals surface area contributed by atoms with E-state index in [1.807, 2.05) is 18.2 Å². The van der Waals surface area contributed by atoms with E-state index in [0.29, 0.717) is 23.8 Å². The summed E-state index contributed by atoms with van der Waals surface area (Å²) in [6.07, 6.45) is 11.4. The van der Waals surface area contributed by atoms with Crippen LogP contribution in [0.4, 0.5) is 17.6 Å². The van der Waals surface area contributed by atoms with Crippen molar-refractivity contribution in [2.45, 2.75) is 96.6 Å². The van der Waals surface area contributed by atoms with Gasteiger partial charge in [0.15, 0.2) is 6.61 Å². The Hall–Kier alpha value is -2.56. The second-order valence-electron chi connectivity index (χ2n) is 11.4. The van der Waals surface area contributed by atoms with E-state index in [2.05, 4.69) is 19.1 Å². The fourth-order valence-electron chi connectivity index (χ4n) is 5.97. The van der Waals surface area contributed by atoms with E-state index in [4.69, 9.17) is 4.74 Å². The fourth-order valence-corrected chi connectivity index (χ4v) is 5.97. The molecule has 1 aliphatic rings. The minimum Gasteiger partial charge on any atom is -0.484 e. The molecule has 0 radical (unpaired) electrons.